The van der Waals surface area contributed by atoms with Crippen molar-refractivity contribution in [2.24, 2.45) is 0 Å². The topological polar surface area (TPSA) is 34.9 Å². The van der Waals surface area contributed by atoms with E-state index < -0.39 is 0 Å². The highest BCUT2D eigenvalue weighted by atomic mass is 79.9. The van der Waals surface area contributed by atoms with Crippen molar-refractivity contribution in [2.75, 3.05) is 0 Å². The van der Waals surface area contributed by atoms with E-state index in [0.29, 0.717) is 16.3 Å². The number of aromatic nitrogens is 2. The normalized spacial score (nSPS) is 10.3. The molecular weight excluding hydrogens is 279 g/mol. The molecular formula is C10H6BrClN2O. The van der Waals surface area contributed by atoms with Crippen LogP contribution in [0.2, 0.25) is 5.02 Å². The van der Waals surface area contributed by atoms with E-state index in [1.54, 1.807) is 35.3 Å². The minimum absolute atomic E-state index is 0.425. The maximum Gasteiger partial charge on any atom is 0.153 e. The van der Waals surface area contributed by atoms with Crippen molar-refractivity contribution in [3.05, 3.63) is 45.7 Å². The lowest BCUT2D eigenvalue weighted by Gasteiger charge is -2.05. The Morgan fingerprint density at radius 1 is 1.47 bits per heavy atom. The van der Waals surface area contributed by atoms with Gasteiger partial charge in [0.25, 0.3) is 0 Å². The molecule has 0 aliphatic rings. The third-order valence-corrected chi connectivity index (χ3v) is 2.68. The van der Waals surface area contributed by atoms with Crippen molar-refractivity contribution in [3.8, 4) is 5.69 Å². The van der Waals surface area contributed by atoms with Crippen molar-refractivity contribution in [2.45, 2.75) is 0 Å². The number of benzene rings is 1. The van der Waals surface area contributed by atoms with Crippen LogP contribution in [0.1, 0.15) is 10.4 Å². The van der Waals surface area contributed by atoms with Crippen molar-refractivity contribution in [3.63, 3.8) is 0 Å². The predicted molar refractivity (Wildman–Crippen MR) is 61.7 cm³/mol. The SMILES string of the molecule is O=Cc1c(Cl)cccc1-n1cc(Br)cn1. The summed E-state index contributed by atoms with van der Waals surface area (Å²) in [6, 6.07) is 5.24. The zero-order valence-corrected chi connectivity index (χ0v) is 9.86. The maximum atomic E-state index is 10.9. The van der Waals surface area contributed by atoms with Crippen LogP contribution in [0.3, 0.4) is 0 Å². The second kappa shape index (κ2) is 4.16. The number of carbonyl (C=O) groups is 1. The minimum Gasteiger partial charge on any atom is -0.298 e. The summed E-state index contributed by atoms with van der Waals surface area (Å²) in [5.74, 6) is 0. The Labute approximate surface area is 99.8 Å². The van der Waals surface area contributed by atoms with Gasteiger partial charge in [-0.25, -0.2) is 4.68 Å². The molecule has 2 aromatic rings. The molecule has 0 atom stereocenters. The number of hydrogen-bond acceptors (Lipinski definition) is 2. The smallest absolute Gasteiger partial charge is 0.153 e. The zero-order chi connectivity index (χ0) is 10.8. The molecule has 0 saturated heterocycles. The standard InChI is InChI=1S/C10H6BrClN2O/c11-7-4-13-14(5-7)10-3-1-2-9(12)8(10)6-15/h1-6H. The van der Waals surface area contributed by atoms with E-state index >= 15 is 0 Å². The first kappa shape index (κ1) is 10.4. The third kappa shape index (κ3) is 1.96. The Hall–Kier alpha value is -1.13. The second-order valence-electron chi connectivity index (χ2n) is 2.89. The number of halogens is 2. The van der Waals surface area contributed by atoms with Gasteiger partial charge in [-0.15, -0.1) is 0 Å². The maximum absolute atomic E-state index is 10.9. The molecule has 0 unspecified atom stereocenters. The summed E-state index contributed by atoms with van der Waals surface area (Å²) in [5.41, 5.74) is 1.11. The lowest BCUT2D eigenvalue weighted by molar-refractivity contribution is 0.112. The summed E-state index contributed by atoms with van der Waals surface area (Å²) in [6.07, 6.45) is 4.14. The molecule has 1 aromatic heterocycles. The number of hydrogen-bond donors (Lipinski definition) is 0. The van der Waals surface area contributed by atoms with E-state index in [-0.39, 0.29) is 0 Å². The van der Waals surface area contributed by atoms with Crippen LogP contribution in [0.25, 0.3) is 5.69 Å². The van der Waals surface area contributed by atoms with Crippen LogP contribution in [0.15, 0.2) is 35.1 Å². The van der Waals surface area contributed by atoms with Gasteiger partial charge >= 0.3 is 0 Å². The number of nitrogens with zero attached hydrogens (tertiary/aromatic N) is 2. The fraction of sp³-hybridized carbons (Fsp3) is 0. The highest BCUT2D eigenvalue weighted by Crippen LogP contribution is 2.22. The molecule has 5 heteroatoms. The van der Waals surface area contributed by atoms with Crippen LogP contribution in [0.5, 0.6) is 0 Å². The largest absolute Gasteiger partial charge is 0.298 e. The molecule has 0 spiro atoms. The number of aldehydes is 1. The van der Waals surface area contributed by atoms with E-state index in [2.05, 4.69) is 21.0 Å². The molecule has 0 aliphatic carbocycles. The highest BCUT2D eigenvalue weighted by molar-refractivity contribution is 9.10. The molecule has 1 heterocycles. The van der Waals surface area contributed by atoms with Crippen LogP contribution in [0, 0.1) is 0 Å². The summed E-state index contributed by atoms with van der Waals surface area (Å²) >= 11 is 9.19. The average Bonchev–Trinajstić information content (AvgIpc) is 2.64. The van der Waals surface area contributed by atoms with Crippen molar-refractivity contribution >= 4 is 33.8 Å². The van der Waals surface area contributed by atoms with Crippen LogP contribution in [0.4, 0.5) is 0 Å². The predicted octanol–water partition coefficient (Wildman–Crippen LogP) is 3.10. The summed E-state index contributed by atoms with van der Waals surface area (Å²) < 4.78 is 2.44. The monoisotopic (exact) mass is 284 g/mol. The zero-order valence-electron chi connectivity index (χ0n) is 7.52. The van der Waals surface area contributed by atoms with E-state index in [4.69, 9.17) is 11.6 Å². The van der Waals surface area contributed by atoms with Gasteiger partial charge in [-0.2, -0.15) is 5.10 Å². The molecule has 0 saturated carbocycles. The Balaban J connectivity index is 2.62. The van der Waals surface area contributed by atoms with Gasteiger partial charge < -0.3 is 0 Å². The van der Waals surface area contributed by atoms with Gasteiger partial charge in [-0.3, -0.25) is 4.79 Å². The van der Waals surface area contributed by atoms with E-state index in [9.17, 15) is 4.79 Å². The third-order valence-electron chi connectivity index (χ3n) is 1.95. The van der Waals surface area contributed by atoms with Crippen molar-refractivity contribution in [1.82, 2.24) is 9.78 Å². The van der Waals surface area contributed by atoms with Gasteiger partial charge in [0.2, 0.25) is 0 Å². The summed E-state index contributed by atoms with van der Waals surface area (Å²) in [4.78, 5) is 10.9. The van der Waals surface area contributed by atoms with Gasteiger partial charge in [-0.1, -0.05) is 17.7 Å². The van der Waals surface area contributed by atoms with Crippen molar-refractivity contribution in [1.29, 1.82) is 0 Å². The van der Waals surface area contributed by atoms with Gasteiger partial charge in [0.15, 0.2) is 6.29 Å². The molecule has 0 bridgehead atoms. The van der Waals surface area contributed by atoms with Crippen LogP contribution < -0.4 is 0 Å². The second-order valence-corrected chi connectivity index (χ2v) is 4.22. The number of rotatable bonds is 2. The Morgan fingerprint density at radius 3 is 2.87 bits per heavy atom. The van der Waals surface area contributed by atoms with Crippen LogP contribution in [-0.2, 0) is 0 Å². The molecule has 0 fully saturated rings. The van der Waals surface area contributed by atoms with E-state index in [1.807, 2.05) is 0 Å². The van der Waals surface area contributed by atoms with Gasteiger partial charge in [0.1, 0.15) is 0 Å². The first-order valence-electron chi connectivity index (χ1n) is 4.16. The van der Waals surface area contributed by atoms with Crippen LogP contribution in [-0.4, -0.2) is 16.1 Å². The lowest BCUT2D eigenvalue weighted by atomic mass is 10.2. The first-order chi connectivity index (χ1) is 7.22. The van der Waals surface area contributed by atoms with Crippen LogP contribution >= 0.6 is 27.5 Å². The van der Waals surface area contributed by atoms with Gasteiger partial charge in [-0.05, 0) is 28.1 Å². The molecule has 0 radical (unpaired) electrons. The Morgan fingerprint density at radius 2 is 2.27 bits per heavy atom. The quantitative estimate of drug-likeness (QED) is 0.795. The molecule has 3 nitrogen and oxygen atoms in total. The van der Waals surface area contributed by atoms with Crippen molar-refractivity contribution < 1.29 is 4.79 Å². The Bertz CT molecular complexity index is 510. The Kier molecular flexibility index (Phi) is 2.88. The molecule has 0 aliphatic heterocycles. The van der Waals surface area contributed by atoms with Gasteiger partial charge in [0.05, 0.1) is 26.9 Å². The highest BCUT2D eigenvalue weighted by Gasteiger charge is 2.08. The summed E-state index contributed by atoms with van der Waals surface area (Å²) in [7, 11) is 0. The van der Waals surface area contributed by atoms with E-state index in [0.717, 1.165) is 10.8 Å². The van der Waals surface area contributed by atoms with E-state index in [1.165, 1.54) is 0 Å². The molecule has 0 N–H and O–H groups in total. The molecule has 1 aromatic carbocycles. The first-order valence-corrected chi connectivity index (χ1v) is 5.33. The summed E-state index contributed by atoms with van der Waals surface area (Å²) in [5, 5.41) is 4.51. The fourth-order valence-electron chi connectivity index (χ4n) is 1.27. The molecule has 76 valence electrons. The number of carbonyl (C=O) groups excluding carboxylic acids is 1. The lowest BCUT2D eigenvalue weighted by Crippen LogP contribution is -1.99. The van der Waals surface area contributed by atoms with Gasteiger partial charge in [0, 0.05) is 6.20 Å². The average molecular weight is 286 g/mol. The molecule has 2 rings (SSSR count). The molecule has 15 heavy (non-hydrogen) atoms. The minimum atomic E-state index is 0.425. The molecule has 0 amide bonds. The summed E-state index contributed by atoms with van der Waals surface area (Å²) in [6.45, 7) is 0. The fourth-order valence-corrected chi connectivity index (χ4v) is 1.77.